The van der Waals surface area contributed by atoms with E-state index in [1.165, 1.54) is 28.0 Å². The Bertz CT molecular complexity index is 832. The Balaban J connectivity index is 2.08. The van der Waals surface area contributed by atoms with Crippen LogP contribution in [0.5, 0.6) is 11.5 Å². The van der Waals surface area contributed by atoms with E-state index in [-0.39, 0.29) is 0 Å². The van der Waals surface area contributed by atoms with Crippen molar-refractivity contribution in [2.75, 3.05) is 19.1 Å². The Morgan fingerprint density at radius 1 is 0.852 bits per heavy atom. The largest absolute Gasteiger partial charge is 0.497 e. The van der Waals surface area contributed by atoms with Crippen LogP contribution < -0.4 is 14.4 Å². The first kappa shape index (κ1) is 19.1. The summed E-state index contributed by atoms with van der Waals surface area (Å²) in [6.07, 6.45) is 4.35. The molecule has 0 aromatic heterocycles. The third-order valence-corrected chi connectivity index (χ3v) is 5.31. The molecule has 1 aliphatic heterocycles. The molecule has 0 radical (unpaired) electrons. The Morgan fingerprint density at radius 3 is 1.89 bits per heavy atom. The van der Waals surface area contributed by atoms with Crippen molar-refractivity contribution in [1.29, 1.82) is 0 Å². The first-order valence-corrected chi connectivity index (χ1v) is 9.61. The lowest BCUT2D eigenvalue weighted by Crippen LogP contribution is -2.35. The van der Waals surface area contributed by atoms with Gasteiger partial charge in [0.1, 0.15) is 11.5 Å². The monoisotopic (exact) mass is 363 g/mol. The number of rotatable bonds is 6. The molecule has 3 heteroatoms. The van der Waals surface area contributed by atoms with Crippen LogP contribution in [0.25, 0.3) is 5.57 Å². The van der Waals surface area contributed by atoms with E-state index < -0.39 is 0 Å². The van der Waals surface area contributed by atoms with Gasteiger partial charge in [-0.3, -0.25) is 0 Å². The zero-order valence-corrected chi connectivity index (χ0v) is 17.0. The number of allylic oxidation sites excluding steroid dienone is 2. The van der Waals surface area contributed by atoms with E-state index in [0.29, 0.717) is 6.04 Å². The van der Waals surface area contributed by atoms with Crippen molar-refractivity contribution in [3.05, 3.63) is 71.4 Å². The van der Waals surface area contributed by atoms with Crippen LogP contribution in [0.15, 0.2) is 65.9 Å². The molecule has 1 heterocycles. The highest BCUT2D eigenvalue weighted by molar-refractivity contribution is 5.82. The molecule has 1 aliphatic rings. The van der Waals surface area contributed by atoms with E-state index in [9.17, 15) is 0 Å². The second-order valence-electron chi connectivity index (χ2n) is 6.82. The second-order valence-corrected chi connectivity index (χ2v) is 6.82. The maximum Gasteiger partial charge on any atom is 0.119 e. The van der Waals surface area contributed by atoms with Gasteiger partial charge in [0.2, 0.25) is 0 Å². The lowest BCUT2D eigenvalue weighted by atomic mass is 9.84. The zero-order chi connectivity index (χ0) is 19.4. The molecule has 0 spiro atoms. The Kier molecular flexibility index (Phi) is 5.90. The van der Waals surface area contributed by atoms with Gasteiger partial charge in [-0.1, -0.05) is 26.0 Å². The molecule has 2 aromatic carbocycles. The highest BCUT2D eigenvalue weighted by Crippen LogP contribution is 2.40. The van der Waals surface area contributed by atoms with E-state index in [2.05, 4.69) is 56.1 Å². The Hall–Kier alpha value is -2.68. The van der Waals surface area contributed by atoms with Gasteiger partial charge in [-0.2, -0.15) is 0 Å². The molecule has 27 heavy (non-hydrogen) atoms. The van der Waals surface area contributed by atoms with Crippen LogP contribution in [0.2, 0.25) is 0 Å². The third-order valence-electron chi connectivity index (χ3n) is 5.31. The maximum atomic E-state index is 5.35. The average Bonchev–Trinajstić information content (AvgIpc) is 2.73. The molecule has 0 bridgehead atoms. The minimum Gasteiger partial charge on any atom is -0.497 e. The first-order chi connectivity index (χ1) is 13.1. The fourth-order valence-electron chi connectivity index (χ4n) is 3.95. The molecular formula is C24H29NO2. The zero-order valence-electron chi connectivity index (χ0n) is 17.0. The minimum atomic E-state index is 0.297. The average molecular weight is 364 g/mol. The van der Waals surface area contributed by atoms with E-state index in [1.54, 1.807) is 14.2 Å². The quantitative estimate of drug-likeness (QED) is 0.622. The lowest BCUT2D eigenvalue weighted by Gasteiger charge is -2.38. The Labute approximate surface area is 162 Å². The molecule has 0 saturated carbocycles. The minimum absolute atomic E-state index is 0.297. The Morgan fingerprint density at radius 2 is 1.41 bits per heavy atom. The van der Waals surface area contributed by atoms with Crippen LogP contribution in [-0.4, -0.2) is 20.3 Å². The van der Waals surface area contributed by atoms with Crippen molar-refractivity contribution in [1.82, 2.24) is 0 Å². The molecule has 3 nitrogen and oxygen atoms in total. The van der Waals surface area contributed by atoms with Crippen LogP contribution in [0.3, 0.4) is 0 Å². The lowest BCUT2D eigenvalue weighted by molar-refractivity contribution is 0.414. The summed E-state index contributed by atoms with van der Waals surface area (Å²) in [4.78, 5) is 2.40. The number of methoxy groups -OCH3 is 2. The van der Waals surface area contributed by atoms with Crippen LogP contribution in [0, 0.1) is 0 Å². The van der Waals surface area contributed by atoms with Crippen LogP contribution >= 0.6 is 0 Å². The smallest absolute Gasteiger partial charge is 0.119 e. The number of anilines is 1. The summed E-state index contributed by atoms with van der Waals surface area (Å²) < 4.78 is 10.7. The molecule has 0 saturated heterocycles. The van der Waals surface area contributed by atoms with Crippen LogP contribution in [0.1, 0.15) is 39.2 Å². The summed E-state index contributed by atoms with van der Waals surface area (Å²) >= 11 is 0. The summed E-state index contributed by atoms with van der Waals surface area (Å²) in [5, 5.41) is 0. The van der Waals surface area contributed by atoms with Crippen molar-refractivity contribution in [3.63, 3.8) is 0 Å². The highest BCUT2D eigenvalue weighted by Gasteiger charge is 2.28. The summed E-state index contributed by atoms with van der Waals surface area (Å²) in [5.41, 5.74) is 6.63. The molecule has 1 atom stereocenters. The molecule has 1 unspecified atom stereocenters. The summed E-state index contributed by atoms with van der Waals surface area (Å²) in [7, 11) is 3.41. The predicted molar refractivity (Wildman–Crippen MR) is 114 cm³/mol. The molecule has 0 fully saturated rings. The third kappa shape index (κ3) is 3.73. The molecule has 142 valence electrons. The van der Waals surface area contributed by atoms with Crippen molar-refractivity contribution >= 4 is 11.3 Å². The van der Waals surface area contributed by atoms with Gasteiger partial charge in [-0.05, 0) is 78.4 Å². The topological polar surface area (TPSA) is 21.7 Å². The van der Waals surface area contributed by atoms with E-state index >= 15 is 0 Å². The van der Waals surface area contributed by atoms with Crippen molar-refractivity contribution in [2.45, 2.75) is 39.7 Å². The predicted octanol–water partition coefficient (Wildman–Crippen LogP) is 6.07. The molecule has 3 rings (SSSR count). The van der Waals surface area contributed by atoms with Gasteiger partial charge in [0.25, 0.3) is 0 Å². The van der Waals surface area contributed by atoms with Gasteiger partial charge in [0.05, 0.1) is 20.3 Å². The molecule has 2 aromatic rings. The molecule has 0 N–H and O–H groups in total. The van der Waals surface area contributed by atoms with E-state index in [4.69, 9.17) is 9.47 Å². The fraction of sp³-hybridized carbons (Fsp3) is 0.333. The maximum absolute atomic E-state index is 5.35. The number of hydrogen-bond acceptors (Lipinski definition) is 3. The highest BCUT2D eigenvalue weighted by atomic mass is 16.5. The van der Waals surface area contributed by atoms with Gasteiger partial charge < -0.3 is 14.4 Å². The molecular weight excluding hydrogens is 334 g/mol. The van der Waals surface area contributed by atoms with Gasteiger partial charge in [0.15, 0.2) is 0 Å². The molecule has 0 amide bonds. The van der Waals surface area contributed by atoms with Crippen LogP contribution in [0.4, 0.5) is 5.69 Å². The van der Waals surface area contributed by atoms with E-state index in [0.717, 1.165) is 24.3 Å². The van der Waals surface area contributed by atoms with Crippen molar-refractivity contribution in [3.8, 4) is 11.5 Å². The van der Waals surface area contributed by atoms with Gasteiger partial charge in [-0.25, -0.2) is 0 Å². The van der Waals surface area contributed by atoms with Crippen molar-refractivity contribution < 1.29 is 9.47 Å². The summed E-state index contributed by atoms with van der Waals surface area (Å²) in [5.74, 6) is 1.77. The van der Waals surface area contributed by atoms with Gasteiger partial charge in [-0.15, -0.1) is 0 Å². The molecule has 0 aliphatic carbocycles. The summed E-state index contributed by atoms with van der Waals surface area (Å²) in [6.45, 7) is 6.71. The van der Waals surface area contributed by atoms with E-state index in [1.807, 2.05) is 24.3 Å². The fourth-order valence-corrected chi connectivity index (χ4v) is 3.95. The number of nitrogens with zero attached hydrogens (tertiary/aromatic N) is 1. The number of ether oxygens (including phenoxy) is 2. The second kappa shape index (κ2) is 8.34. The van der Waals surface area contributed by atoms with Crippen LogP contribution in [-0.2, 0) is 0 Å². The number of benzene rings is 2. The first-order valence-electron chi connectivity index (χ1n) is 9.61. The normalized spacial score (nSPS) is 17.0. The standard InChI is InChI=1S/C24H29NO2/c1-6-22-17(3)16-25(19-10-14-21(27-5)15-11-19)23(7-2)24(22)18-8-12-20(26-4)13-9-18/h8-16,23H,6-7H2,1-5H3. The SMILES string of the molecule is CCC1=C(c2ccc(OC)cc2)C(CC)N(c2ccc(OC)cc2)C=C1C. The summed E-state index contributed by atoms with van der Waals surface area (Å²) in [6, 6.07) is 17.1. The van der Waals surface area contributed by atoms with Gasteiger partial charge in [0, 0.05) is 11.9 Å². The van der Waals surface area contributed by atoms with Crippen molar-refractivity contribution in [2.24, 2.45) is 0 Å². The van der Waals surface area contributed by atoms with Gasteiger partial charge >= 0.3 is 0 Å². The number of hydrogen-bond donors (Lipinski definition) is 0.